The van der Waals surface area contributed by atoms with Crippen LogP contribution in [0.3, 0.4) is 0 Å². The van der Waals surface area contributed by atoms with Crippen LogP contribution in [0.5, 0.6) is 0 Å². The van der Waals surface area contributed by atoms with Crippen LogP contribution in [-0.4, -0.2) is 60.5 Å². The molecule has 0 aliphatic rings. The second-order valence-corrected chi connectivity index (χ2v) is 5.19. The zero-order valence-corrected chi connectivity index (χ0v) is 17.0. The molecule has 0 saturated heterocycles. The van der Waals surface area contributed by atoms with Crippen molar-refractivity contribution < 1.29 is 0 Å². The van der Waals surface area contributed by atoms with Crippen LogP contribution < -0.4 is 5.32 Å². The number of hydrogen-bond donors (Lipinski definition) is 1. The molecule has 9 nitrogen and oxygen atoms in total. The van der Waals surface area contributed by atoms with E-state index in [-0.39, 0.29) is 24.0 Å². The maximum atomic E-state index is 4.67. The molecular formula is C14H26IN9. The lowest BCUT2D eigenvalue weighted by Crippen LogP contribution is -2.39. The molecule has 0 aliphatic carbocycles. The number of guanidine groups is 1. The predicted molar refractivity (Wildman–Crippen MR) is 103 cm³/mol. The van der Waals surface area contributed by atoms with Crippen molar-refractivity contribution in [3.63, 3.8) is 0 Å². The second kappa shape index (κ2) is 10.2. The zero-order chi connectivity index (χ0) is 16.7. The van der Waals surface area contributed by atoms with E-state index in [1.165, 1.54) is 0 Å². The van der Waals surface area contributed by atoms with E-state index in [2.05, 4.69) is 44.4 Å². The predicted octanol–water partition coefficient (Wildman–Crippen LogP) is 0.684. The van der Waals surface area contributed by atoms with Gasteiger partial charge >= 0.3 is 0 Å². The Labute approximate surface area is 159 Å². The number of nitrogens with one attached hydrogen (secondary N) is 1. The second-order valence-electron chi connectivity index (χ2n) is 5.19. The maximum absolute atomic E-state index is 4.67. The first kappa shape index (κ1) is 20.3. The molecule has 0 unspecified atom stereocenters. The van der Waals surface area contributed by atoms with Crippen LogP contribution in [0.4, 0.5) is 0 Å². The van der Waals surface area contributed by atoms with Crippen LogP contribution in [0.15, 0.2) is 17.6 Å². The topological polar surface area (TPSA) is 89.1 Å². The highest BCUT2D eigenvalue weighted by Gasteiger charge is 2.10. The molecule has 24 heavy (non-hydrogen) atoms. The SMILES string of the molecule is CCNC(=NCCn1cnnc1CC)N(C)Cc1ncnn1C.I. The van der Waals surface area contributed by atoms with Crippen molar-refractivity contribution >= 4 is 29.9 Å². The Bertz CT molecular complexity index is 634. The van der Waals surface area contributed by atoms with Gasteiger partial charge in [-0.3, -0.25) is 9.67 Å². The summed E-state index contributed by atoms with van der Waals surface area (Å²) in [4.78, 5) is 11.0. The van der Waals surface area contributed by atoms with E-state index in [9.17, 15) is 0 Å². The molecule has 0 radical (unpaired) electrons. The van der Waals surface area contributed by atoms with E-state index < -0.39 is 0 Å². The molecule has 0 atom stereocenters. The lowest BCUT2D eigenvalue weighted by Gasteiger charge is -2.21. The molecule has 0 bridgehead atoms. The number of aliphatic imine (C=N–C) groups is 1. The minimum atomic E-state index is 0. The van der Waals surface area contributed by atoms with Gasteiger partial charge in [-0.15, -0.1) is 34.2 Å². The molecule has 0 amide bonds. The van der Waals surface area contributed by atoms with Crippen molar-refractivity contribution in [1.82, 2.24) is 39.7 Å². The summed E-state index contributed by atoms with van der Waals surface area (Å²) in [7, 11) is 3.88. The van der Waals surface area contributed by atoms with E-state index in [0.29, 0.717) is 13.1 Å². The summed E-state index contributed by atoms with van der Waals surface area (Å²) in [6.07, 6.45) is 4.19. The molecular weight excluding hydrogens is 421 g/mol. The smallest absolute Gasteiger partial charge is 0.194 e. The molecule has 0 aliphatic heterocycles. The van der Waals surface area contributed by atoms with Gasteiger partial charge in [0.25, 0.3) is 0 Å². The third-order valence-corrected chi connectivity index (χ3v) is 3.49. The van der Waals surface area contributed by atoms with Gasteiger partial charge in [0.1, 0.15) is 24.3 Å². The molecule has 134 valence electrons. The fourth-order valence-electron chi connectivity index (χ4n) is 2.22. The molecule has 0 saturated carbocycles. The molecule has 0 fully saturated rings. The standard InChI is InChI=1S/C14H25N9.HI/c1-5-12-20-18-11-23(12)8-7-16-14(15-6-2)21(3)9-13-17-10-19-22(13)4;/h10-11H,5-9H2,1-4H3,(H,15,16);1H. The highest BCUT2D eigenvalue weighted by atomic mass is 127. The summed E-state index contributed by atoms with van der Waals surface area (Å²) >= 11 is 0. The van der Waals surface area contributed by atoms with E-state index in [0.717, 1.165) is 37.1 Å². The summed E-state index contributed by atoms with van der Waals surface area (Å²) in [5.74, 6) is 2.73. The summed E-state index contributed by atoms with van der Waals surface area (Å²) in [5, 5.41) is 15.4. The average molecular weight is 447 g/mol. The van der Waals surface area contributed by atoms with Gasteiger partial charge in [0, 0.05) is 33.6 Å². The fourth-order valence-corrected chi connectivity index (χ4v) is 2.22. The van der Waals surface area contributed by atoms with Gasteiger partial charge in [-0.05, 0) is 6.92 Å². The van der Waals surface area contributed by atoms with Gasteiger partial charge in [-0.25, -0.2) is 4.98 Å². The normalized spacial score (nSPS) is 11.2. The summed E-state index contributed by atoms with van der Waals surface area (Å²) < 4.78 is 3.81. The van der Waals surface area contributed by atoms with Crippen LogP contribution in [-0.2, 0) is 26.6 Å². The molecule has 1 N–H and O–H groups in total. The monoisotopic (exact) mass is 447 g/mol. The highest BCUT2D eigenvalue weighted by molar-refractivity contribution is 14.0. The Balaban J connectivity index is 0.00000288. The first-order valence-corrected chi connectivity index (χ1v) is 7.84. The van der Waals surface area contributed by atoms with E-state index in [1.54, 1.807) is 17.3 Å². The van der Waals surface area contributed by atoms with Gasteiger partial charge in [0.15, 0.2) is 5.96 Å². The van der Waals surface area contributed by atoms with Crippen molar-refractivity contribution in [3.8, 4) is 0 Å². The number of nitrogens with zero attached hydrogens (tertiary/aromatic N) is 8. The van der Waals surface area contributed by atoms with Gasteiger partial charge in [0.2, 0.25) is 0 Å². The molecule has 2 aromatic heterocycles. The fraction of sp³-hybridized carbons (Fsp3) is 0.643. The quantitative estimate of drug-likeness (QED) is 0.382. The van der Waals surface area contributed by atoms with E-state index in [1.807, 2.05) is 23.6 Å². The minimum Gasteiger partial charge on any atom is -0.357 e. The lowest BCUT2D eigenvalue weighted by atomic mass is 10.4. The lowest BCUT2D eigenvalue weighted by molar-refractivity contribution is 0.447. The van der Waals surface area contributed by atoms with Crippen LogP contribution >= 0.6 is 24.0 Å². The summed E-state index contributed by atoms with van der Waals surface area (Å²) in [6, 6.07) is 0. The molecule has 2 aromatic rings. The molecule has 2 rings (SSSR count). The van der Waals surface area contributed by atoms with Crippen molar-refractivity contribution in [2.45, 2.75) is 33.4 Å². The van der Waals surface area contributed by atoms with Crippen LogP contribution in [0.25, 0.3) is 0 Å². The third kappa shape index (κ3) is 5.42. The number of aromatic nitrogens is 6. The number of halogens is 1. The van der Waals surface area contributed by atoms with Crippen molar-refractivity contribution in [3.05, 3.63) is 24.3 Å². The number of hydrogen-bond acceptors (Lipinski definition) is 5. The largest absolute Gasteiger partial charge is 0.357 e. The maximum Gasteiger partial charge on any atom is 0.194 e. The van der Waals surface area contributed by atoms with Crippen LogP contribution in [0, 0.1) is 0 Å². The van der Waals surface area contributed by atoms with E-state index in [4.69, 9.17) is 0 Å². The first-order chi connectivity index (χ1) is 11.2. The third-order valence-electron chi connectivity index (χ3n) is 3.49. The van der Waals surface area contributed by atoms with Gasteiger partial charge in [-0.1, -0.05) is 6.92 Å². The Kier molecular flexibility index (Phi) is 8.65. The van der Waals surface area contributed by atoms with E-state index >= 15 is 0 Å². The molecule has 10 heteroatoms. The summed E-state index contributed by atoms with van der Waals surface area (Å²) in [5.41, 5.74) is 0. The van der Waals surface area contributed by atoms with Gasteiger partial charge in [0.05, 0.1) is 13.1 Å². The number of aryl methyl sites for hydroxylation is 2. The van der Waals surface area contributed by atoms with Crippen LogP contribution in [0.2, 0.25) is 0 Å². The molecule has 2 heterocycles. The molecule has 0 aromatic carbocycles. The van der Waals surface area contributed by atoms with Crippen LogP contribution in [0.1, 0.15) is 25.5 Å². The highest BCUT2D eigenvalue weighted by Crippen LogP contribution is 1.99. The Hall–Kier alpha value is -1.72. The van der Waals surface area contributed by atoms with Gasteiger partial charge in [-0.2, -0.15) is 5.10 Å². The molecule has 0 spiro atoms. The zero-order valence-electron chi connectivity index (χ0n) is 14.7. The number of rotatable bonds is 7. The average Bonchev–Trinajstić information content (AvgIpc) is 3.15. The Morgan fingerprint density at radius 3 is 2.75 bits per heavy atom. The first-order valence-electron chi connectivity index (χ1n) is 7.84. The van der Waals surface area contributed by atoms with Gasteiger partial charge < -0.3 is 14.8 Å². The summed E-state index contributed by atoms with van der Waals surface area (Å²) in [6.45, 7) is 7.02. The minimum absolute atomic E-state index is 0. The Morgan fingerprint density at radius 2 is 2.12 bits per heavy atom. The van der Waals surface area contributed by atoms with Crippen molar-refractivity contribution in [1.29, 1.82) is 0 Å². The Morgan fingerprint density at radius 1 is 1.33 bits per heavy atom. The van der Waals surface area contributed by atoms with Crippen molar-refractivity contribution in [2.75, 3.05) is 20.1 Å². The van der Waals surface area contributed by atoms with Crippen molar-refractivity contribution in [2.24, 2.45) is 12.0 Å².